The summed E-state index contributed by atoms with van der Waals surface area (Å²) in [5, 5.41) is 12.6. The second-order valence-corrected chi connectivity index (χ2v) is 9.82. The van der Waals surface area contributed by atoms with Gasteiger partial charge in [0.1, 0.15) is 16.1 Å². The van der Waals surface area contributed by atoms with Gasteiger partial charge in [-0.3, -0.25) is 9.59 Å². The number of likely N-dealkylation sites (tertiary alicyclic amines) is 1. The lowest BCUT2D eigenvalue weighted by Gasteiger charge is -2.26. The average Bonchev–Trinajstić information content (AvgIpc) is 3.52. The van der Waals surface area contributed by atoms with Crippen LogP contribution >= 0.6 is 22.7 Å². The molecular weight excluding hydrogens is 430 g/mol. The number of aromatic nitrogens is 3. The SMILES string of the molecule is Cc1nnc(C(C)C(=O)N2CCCC2C(=O)NCc2ccc(-c3scnc3C)cc2)s1. The van der Waals surface area contributed by atoms with E-state index in [0.717, 1.165) is 33.1 Å². The van der Waals surface area contributed by atoms with Crippen LogP contribution in [-0.2, 0) is 16.1 Å². The fourth-order valence-corrected chi connectivity index (χ4v) is 5.36. The summed E-state index contributed by atoms with van der Waals surface area (Å²) in [6.45, 7) is 6.74. The summed E-state index contributed by atoms with van der Waals surface area (Å²) < 4.78 is 0. The Bertz CT molecular complexity index is 1080. The summed E-state index contributed by atoms with van der Waals surface area (Å²) in [7, 11) is 0. The van der Waals surface area contributed by atoms with Crippen molar-refractivity contribution in [2.75, 3.05) is 6.54 Å². The van der Waals surface area contributed by atoms with Crippen molar-refractivity contribution in [2.45, 2.75) is 52.1 Å². The van der Waals surface area contributed by atoms with Crippen LogP contribution in [-0.4, -0.2) is 44.5 Å². The Labute approximate surface area is 189 Å². The molecule has 9 heteroatoms. The highest BCUT2D eigenvalue weighted by atomic mass is 32.1. The highest BCUT2D eigenvalue weighted by molar-refractivity contribution is 7.13. The normalized spacial score (nSPS) is 17.0. The van der Waals surface area contributed by atoms with Crippen molar-refractivity contribution in [3.05, 3.63) is 51.0 Å². The number of hydrogen-bond donors (Lipinski definition) is 1. The monoisotopic (exact) mass is 455 g/mol. The first-order valence-corrected chi connectivity index (χ1v) is 12.0. The molecule has 2 unspecified atom stereocenters. The molecular formula is C22H25N5O2S2. The zero-order valence-electron chi connectivity index (χ0n) is 17.8. The van der Waals surface area contributed by atoms with E-state index in [9.17, 15) is 9.59 Å². The van der Waals surface area contributed by atoms with E-state index in [4.69, 9.17) is 0 Å². The molecule has 1 aliphatic rings. The van der Waals surface area contributed by atoms with Crippen molar-refractivity contribution in [3.63, 3.8) is 0 Å². The Morgan fingerprint density at radius 3 is 2.65 bits per heavy atom. The number of nitrogens with one attached hydrogen (secondary N) is 1. The Balaban J connectivity index is 1.36. The molecule has 3 heterocycles. The Kier molecular flexibility index (Phi) is 6.43. The average molecular weight is 456 g/mol. The summed E-state index contributed by atoms with van der Waals surface area (Å²) in [6.07, 6.45) is 1.51. The minimum Gasteiger partial charge on any atom is -0.350 e. The number of carbonyl (C=O) groups is 2. The lowest BCUT2D eigenvalue weighted by molar-refractivity contribution is -0.139. The van der Waals surface area contributed by atoms with Gasteiger partial charge in [0.05, 0.1) is 22.0 Å². The van der Waals surface area contributed by atoms with Gasteiger partial charge in [-0.1, -0.05) is 24.3 Å². The fraction of sp³-hybridized carbons (Fsp3) is 0.409. The first-order valence-electron chi connectivity index (χ1n) is 10.3. The molecule has 2 aromatic heterocycles. The zero-order chi connectivity index (χ0) is 22.0. The smallest absolute Gasteiger partial charge is 0.243 e. The molecule has 0 saturated carbocycles. The van der Waals surface area contributed by atoms with Crippen molar-refractivity contribution in [2.24, 2.45) is 0 Å². The van der Waals surface area contributed by atoms with E-state index < -0.39 is 6.04 Å². The van der Waals surface area contributed by atoms with Crippen LogP contribution < -0.4 is 5.32 Å². The molecule has 162 valence electrons. The molecule has 1 N–H and O–H groups in total. The van der Waals surface area contributed by atoms with E-state index >= 15 is 0 Å². The van der Waals surface area contributed by atoms with Gasteiger partial charge in [-0.2, -0.15) is 0 Å². The maximum atomic E-state index is 13.0. The van der Waals surface area contributed by atoms with E-state index in [1.807, 2.05) is 38.4 Å². The van der Waals surface area contributed by atoms with Gasteiger partial charge < -0.3 is 10.2 Å². The summed E-state index contributed by atoms with van der Waals surface area (Å²) in [4.78, 5) is 33.0. The number of rotatable bonds is 6. The lowest BCUT2D eigenvalue weighted by Crippen LogP contribution is -2.47. The third kappa shape index (κ3) is 4.67. The molecule has 1 aliphatic heterocycles. The van der Waals surface area contributed by atoms with Crippen LogP contribution in [0.5, 0.6) is 0 Å². The molecule has 1 saturated heterocycles. The van der Waals surface area contributed by atoms with Crippen LogP contribution in [0.25, 0.3) is 10.4 Å². The molecule has 4 rings (SSSR count). The lowest BCUT2D eigenvalue weighted by atomic mass is 10.1. The summed E-state index contributed by atoms with van der Waals surface area (Å²) in [5.74, 6) is -0.547. The van der Waals surface area contributed by atoms with E-state index in [0.29, 0.717) is 24.5 Å². The van der Waals surface area contributed by atoms with Crippen molar-refractivity contribution < 1.29 is 9.59 Å². The minimum atomic E-state index is -0.428. The van der Waals surface area contributed by atoms with Gasteiger partial charge in [0.2, 0.25) is 11.8 Å². The quantitative estimate of drug-likeness (QED) is 0.612. The number of aryl methyl sites for hydroxylation is 2. The Hall–Kier alpha value is -2.65. The molecule has 0 radical (unpaired) electrons. The predicted molar refractivity (Wildman–Crippen MR) is 122 cm³/mol. The first kappa shape index (κ1) is 21.6. The number of thiazole rings is 1. The standard InChI is InChI=1S/C22H25N5O2S2/c1-13(21-26-25-15(3)31-21)22(29)27-10-4-5-18(27)20(28)23-11-16-6-8-17(9-7-16)19-14(2)24-12-30-19/h6-9,12-13,18H,4-5,10-11H2,1-3H3,(H,23,28). The summed E-state index contributed by atoms with van der Waals surface area (Å²) in [5.41, 5.74) is 5.02. The molecule has 0 aliphatic carbocycles. The molecule has 31 heavy (non-hydrogen) atoms. The van der Waals surface area contributed by atoms with Gasteiger partial charge in [-0.15, -0.1) is 32.9 Å². The summed E-state index contributed by atoms with van der Waals surface area (Å²) in [6, 6.07) is 7.72. The van der Waals surface area contributed by atoms with Crippen molar-refractivity contribution in [3.8, 4) is 10.4 Å². The highest BCUT2D eigenvalue weighted by Gasteiger charge is 2.37. The molecule has 1 fully saturated rings. The van der Waals surface area contributed by atoms with E-state index in [2.05, 4.69) is 32.6 Å². The largest absolute Gasteiger partial charge is 0.350 e. The molecule has 2 atom stereocenters. The molecule has 7 nitrogen and oxygen atoms in total. The molecule has 1 aromatic carbocycles. The number of carbonyl (C=O) groups excluding carboxylic acids is 2. The molecule has 0 spiro atoms. The first-order chi connectivity index (χ1) is 14.9. The van der Waals surface area contributed by atoms with Crippen molar-refractivity contribution in [1.29, 1.82) is 0 Å². The molecule has 3 aromatic rings. The minimum absolute atomic E-state index is 0.0573. The van der Waals surface area contributed by atoms with Crippen LogP contribution in [0.1, 0.15) is 47.0 Å². The van der Waals surface area contributed by atoms with Gasteiger partial charge in [0, 0.05) is 13.1 Å². The Morgan fingerprint density at radius 1 is 1.23 bits per heavy atom. The molecule has 0 bridgehead atoms. The van der Waals surface area contributed by atoms with Gasteiger partial charge in [0.15, 0.2) is 0 Å². The third-order valence-electron chi connectivity index (χ3n) is 5.55. The second kappa shape index (κ2) is 9.23. The summed E-state index contributed by atoms with van der Waals surface area (Å²) >= 11 is 3.05. The molecule has 2 amide bonds. The van der Waals surface area contributed by atoms with Crippen LogP contribution in [0.4, 0.5) is 0 Å². The fourth-order valence-electron chi connectivity index (χ4n) is 3.80. The van der Waals surface area contributed by atoms with Crippen LogP contribution in [0.3, 0.4) is 0 Å². The van der Waals surface area contributed by atoms with Gasteiger partial charge in [-0.05, 0) is 44.7 Å². The topological polar surface area (TPSA) is 88.1 Å². The maximum absolute atomic E-state index is 13.0. The van der Waals surface area contributed by atoms with Crippen LogP contribution in [0.15, 0.2) is 29.8 Å². The van der Waals surface area contributed by atoms with Gasteiger partial charge in [-0.25, -0.2) is 4.98 Å². The maximum Gasteiger partial charge on any atom is 0.243 e. The van der Waals surface area contributed by atoms with Crippen LogP contribution in [0.2, 0.25) is 0 Å². The van der Waals surface area contributed by atoms with Gasteiger partial charge >= 0.3 is 0 Å². The second-order valence-electron chi connectivity index (χ2n) is 7.75. The van der Waals surface area contributed by atoms with Gasteiger partial charge in [0.25, 0.3) is 0 Å². The number of benzene rings is 1. The van der Waals surface area contributed by atoms with E-state index in [-0.39, 0.29) is 17.7 Å². The van der Waals surface area contributed by atoms with E-state index in [1.165, 1.54) is 11.3 Å². The third-order valence-corrected chi connectivity index (χ3v) is 7.55. The van der Waals surface area contributed by atoms with Crippen molar-refractivity contribution in [1.82, 2.24) is 25.4 Å². The predicted octanol–water partition coefficient (Wildman–Crippen LogP) is 3.69. The zero-order valence-corrected chi connectivity index (χ0v) is 19.4. The van der Waals surface area contributed by atoms with E-state index in [1.54, 1.807) is 16.2 Å². The Morgan fingerprint density at radius 2 is 2.00 bits per heavy atom. The number of hydrogen-bond acceptors (Lipinski definition) is 7. The van der Waals surface area contributed by atoms with Crippen LogP contribution in [0, 0.1) is 13.8 Å². The number of amides is 2. The van der Waals surface area contributed by atoms with Crippen molar-refractivity contribution >= 4 is 34.5 Å². The number of nitrogens with zero attached hydrogens (tertiary/aromatic N) is 4. The highest BCUT2D eigenvalue weighted by Crippen LogP contribution is 2.28.